The summed E-state index contributed by atoms with van der Waals surface area (Å²) in [6, 6.07) is 26.7. The predicted molar refractivity (Wildman–Crippen MR) is 238 cm³/mol. The van der Waals surface area contributed by atoms with Crippen LogP contribution in [-0.2, 0) is 0 Å². The van der Waals surface area contributed by atoms with Gasteiger partial charge in [-0.05, 0) is 120 Å². The minimum Gasteiger partial charge on any atom is -0.482 e. The van der Waals surface area contributed by atoms with E-state index >= 15 is 0 Å². The molecular weight excluding hydrogens is 785 g/mol. The Morgan fingerprint density at radius 1 is 0.483 bits per heavy atom. The maximum Gasteiger partial charge on any atom is 0.197 e. The molecule has 0 amide bonds. The fourth-order valence-electron chi connectivity index (χ4n) is 9.79. The Kier molecular flexibility index (Phi) is 7.13. The van der Waals surface area contributed by atoms with E-state index in [4.69, 9.17) is 9.47 Å². The molecule has 0 saturated heterocycles. The molecule has 12 rings (SSSR count). The van der Waals surface area contributed by atoms with Crippen molar-refractivity contribution in [2.75, 3.05) is 0 Å². The van der Waals surface area contributed by atoms with Crippen LogP contribution in [0, 0.1) is 11.8 Å². The summed E-state index contributed by atoms with van der Waals surface area (Å²) in [5.41, 5.74) is 5.24. The molecule has 60 heavy (non-hydrogen) atoms. The zero-order valence-corrected chi connectivity index (χ0v) is 34.6. The van der Waals surface area contributed by atoms with Crippen molar-refractivity contribution in [1.82, 2.24) is 0 Å². The van der Waals surface area contributed by atoms with Crippen LogP contribution in [-0.4, -0.2) is 34.3 Å². The first-order chi connectivity index (χ1) is 28.8. The van der Waals surface area contributed by atoms with Gasteiger partial charge in [0.25, 0.3) is 0 Å². The molecule has 6 aromatic rings. The first-order valence-electron chi connectivity index (χ1n) is 20.0. The fourth-order valence-corrected chi connectivity index (χ4v) is 11.9. The van der Waals surface area contributed by atoms with Gasteiger partial charge in [-0.3, -0.25) is 19.2 Å². The number of Topliss-reactive ketones (excluding diaryl/α,β-unsaturated/α-hetero) is 4. The second kappa shape index (κ2) is 12.1. The van der Waals surface area contributed by atoms with Gasteiger partial charge in [-0.2, -0.15) is 0 Å². The Labute approximate surface area is 353 Å². The molecule has 4 heterocycles. The number of fused-ring (bicyclic) bond motifs is 11. The van der Waals surface area contributed by atoms with E-state index in [1.807, 2.05) is 84.9 Å². The van der Waals surface area contributed by atoms with Gasteiger partial charge < -0.3 is 9.47 Å². The molecule has 0 bridgehead atoms. The van der Waals surface area contributed by atoms with Gasteiger partial charge in [0.05, 0.1) is 20.9 Å². The van der Waals surface area contributed by atoms with Crippen molar-refractivity contribution >= 4 is 90.6 Å². The number of allylic oxidation sites excluding steroid dienone is 6. The lowest BCUT2D eigenvalue weighted by Crippen LogP contribution is -2.39. The minimum atomic E-state index is -0.640. The number of hydrogen-bond donors (Lipinski definition) is 0. The van der Waals surface area contributed by atoms with Crippen molar-refractivity contribution in [3.8, 4) is 11.5 Å². The quantitative estimate of drug-likeness (QED) is 0.128. The van der Waals surface area contributed by atoms with E-state index < -0.39 is 11.2 Å². The summed E-state index contributed by atoms with van der Waals surface area (Å²) in [6.07, 6.45) is 12.8. The third-order valence-electron chi connectivity index (χ3n) is 12.7. The summed E-state index contributed by atoms with van der Waals surface area (Å²) >= 11 is 3.06. The van der Waals surface area contributed by atoms with Gasteiger partial charge >= 0.3 is 0 Å². The van der Waals surface area contributed by atoms with Crippen LogP contribution in [0.4, 0.5) is 0 Å². The molecule has 4 aromatic carbocycles. The van der Waals surface area contributed by atoms with Gasteiger partial charge in [0, 0.05) is 43.8 Å². The SMILES string of the molecule is CC1(C)Oc2cc(C=C3C(=O)c4cc5ccccc5cc4C3=O)sc2C2=CC3C=C4C(=CC3C=C21)c1sc(C=C2C(=O)c3cc5ccccc5cc3C2=O)cc1OC4(C)C. The number of thiophene rings is 2. The van der Waals surface area contributed by atoms with E-state index in [1.165, 1.54) is 22.7 Å². The van der Waals surface area contributed by atoms with E-state index in [1.54, 1.807) is 12.2 Å². The molecule has 0 N–H and O–H groups in total. The van der Waals surface area contributed by atoms with Crippen LogP contribution in [0.15, 0.2) is 132 Å². The Bertz CT molecular complexity index is 2960. The molecule has 0 radical (unpaired) electrons. The van der Waals surface area contributed by atoms with Crippen LogP contribution in [0.2, 0.25) is 0 Å². The van der Waals surface area contributed by atoms with E-state index in [9.17, 15) is 19.2 Å². The number of rotatable bonds is 2. The molecule has 2 aliphatic heterocycles. The number of carbonyl (C=O) groups is 4. The van der Waals surface area contributed by atoms with Gasteiger partial charge in [0.2, 0.25) is 0 Å². The Morgan fingerprint density at radius 3 is 1.15 bits per heavy atom. The minimum absolute atomic E-state index is 0.0449. The molecule has 290 valence electrons. The molecule has 6 aliphatic rings. The topological polar surface area (TPSA) is 86.7 Å². The molecule has 0 saturated carbocycles. The standard InChI is InChI=1S/C52H34O6S2/c1-51(2)41-19-29-18-38-42(52(3,4)58-44-24-32(60-50(38)44)22-40-47(55)35-15-27-11-7-8-12-28(27)16-36(35)48(40)56)20-30(29)17-37(41)49-43(57-51)23-31(59-49)21-39-45(53)33-13-25-9-5-6-10-26(25)14-34(33)46(39)54/h5-24,29-30H,1-4H3. The van der Waals surface area contributed by atoms with Gasteiger partial charge in [0.15, 0.2) is 23.1 Å². The summed E-state index contributed by atoms with van der Waals surface area (Å²) in [4.78, 5) is 58.0. The van der Waals surface area contributed by atoms with Crippen LogP contribution >= 0.6 is 22.7 Å². The van der Waals surface area contributed by atoms with Gasteiger partial charge in [-0.1, -0.05) is 72.8 Å². The summed E-state index contributed by atoms with van der Waals surface area (Å²) in [6.45, 7) is 8.32. The van der Waals surface area contributed by atoms with E-state index in [0.717, 1.165) is 74.8 Å². The highest BCUT2D eigenvalue weighted by Crippen LogP contribution is 2.56. The van der Waals surface area contributed by atoms with Crippen molar-refractivity contribution < 1.29 is 28.7 Å². The Balaban J connectivity index is 0.883. The summed E-state index contributed by atoms with van der Waals surface area (Å²) < 4.78 is 13.4. The molecule has 0 spiro atoms. The predicted octanol–water partition coefficient (Wildman–Crippen LogP) is 12.0. The largest absolute Gasteiger partial charge is 0.482 e. The maximum absolute atomic E-state index is 13.6. The number of ketones is 4. The van der Waals surface area contributed by atoms with Crippen molar-refractivity contribution in [2.24, 2.45) is 11.8 Å². The Morgan fingerprint density at radius 2 is 0.817 bits per heavy atom. The van der Waals surface area contributed by atoms with Gasteiger partial charge in [-0.15, -0.1) is 22.7 Å². The van der Waals surface area contributed by atoms with Crippen molar-refractivity contribution in [3.05, 3.63) is 173 Å². The van der Waals surface area contributed by atoms with Crippen LogP contribution in [0.25, 0.3) is 44.8 Å². The summed E-state index contributed by atoms with van der Waals surface area (Å²) in [7, 11) is 0. The number of ether oxygens (including phenoxy) is 2. The zero-order chi connectivity index (χ0) is 41.0. The second-order valence-corrected chi connectivity index (χ2v) is 19.5. The van der Waals surface area contributed by atoms with Crippen LogP contribution in [0.5, 0.6) is 11.5 Å². The van der Waals surface area contributed by atoms with Crippen molar-refractivity contribution in [3.63, 3.8) is 0 Å². The van der Waals surface area contributed by atoms with Crippen LogP contribution in [0.1, 0.15) is 88.6 Å². The van der Waals surface area contributed by atoms with Crippen LogP contribution < -0.4 is 9.47 Å². The molecule has 6 nitrogen and oxygen atoms in total. The first-order valence-corrected chi connectivity index (χ1v) is 21.7. The zero-order valence-electron chi connectivity index (χ0n) is 33.0. The lowest BCUT2D eigenvalue weighted by atomic mass is 9.70. The maximum atomic E-state index is 13.6. The van der Waals surface area contributed by atoms with Gasteiger partial charge in [0.1, 0.15) is 22.7 Å². The van der Waals surface area contributed by atoms with Crippen molar-refractivity contribution in [1.29, 1.82) is 0 Å². The molecule has 2 aromatic heterocycles. The van der Waals surface area contributed by atoms with Gasteiger partial charge in [-0.25, -0.2) is 0 Å². The average molecular weight is 819 g/mol. The highest BCUT2D eigenvalue weighted by molar-refractivity contribution is 7.15. The molecule has 8 heteroatoms. The Hall–Kier alpha value is -6.48. The monoisotopic (exact) mass is 818 g/mol. The van der Waals surface area contributed by atoms with E-state index in [0.29, 0.717) is 22.3 Å². The average Bonchev–Trinajstić information content (AvgIpc) is 3.94. The second-order valence-electron chi connectivity index (χ2n) is 17.3. The molecule has 4 aliphatic carbocycles. The first kappa shape index (κ1) is 35.5. The van der Waals surface area contributed by atoms with E-state index in [2.05, 4.69) is 52.0 Å². The number of hydrogen-bond acceptors (Lipinski definition) is 8. The third-order valence-corrected chi connectivity index (χ3v) is 14.9. The molecule has 0 fully saturated rings. The number of benzene rings is 4. The molecule has 2 atom stereocenters. The molecule has 2 unspecified atom stereocenters. The van der Waals surface area contributed by atoms with Crippen molar-refractivity contribution in [2.45, 2.75) is 38.9 Å². The van der Waals surface area contributed by atoms with E-state index in [-0.39, 0.29) is 46.1 Å². The normalized spacial score (nSPS) is 21.3. The smallest absolute Gasteiger partial charge is 0.197 e. The molecular formula is C52H34O6S2. The van der Waals surface area contributed by atoms with Crippen LogP contribution in [0.3, 0.4) is 0 Å². The third kappa shape index (κ3) is 5.04. The highest BCUT2D eigenvalue weighted by Gasteiger charge is 2.45. The lowest BCUT2D eigenvalue weighted by Gasteiger charge is -2.42. The summed E-state index contributed by atoms with van der Waals surface area (Å²) in [5, 5.41) is 3.72. The summed E-state index contributed by atoms with van der Waals surface area (Å²) in [5.74, 6) is 0.564. The fraction of sp³-hybridized carbons (Fsp3) is 0.154. The highest BCUT2D eigenvalue weighted by atomic mass is 32.1. The number of carbonyl (C=O) groups excluding carboxylic acids is 4. The lowest BCUT2D eigenvalue weighted by molar-refractivity contribution is 0.0975.